The number of amides is 1. The quantitative estimate of drug-likeness (QED) is 0.836. The normalized spacial score (nSPS) is 15.1. The SMILES string of the molecule is O=C(c1cncc(Br)c1)N1CCN(c2ccncc2)CC1. The van der Waals surface area contributed by atoms with E-state index in [1.807, 2.05) is 23.1 Å². The number of rotatable bonds is 2. The average molecular weight is 347 g/mol. The molecule has 108 valence electrons. The lowest BCUT2D eigenvalue weighted by molar-refractivity contribution is 0.0746. The molecule has 1 aliphatic rings. The highest BCUT2D eigenvalue weighted by Crippen LogP contribution is 2.17. The molecule has 0 saturated carbocycles. The smallest absolute Gasteiger partial charge is 0.255 e. The Morgan fingerprint density at radius 2 is 1.76 bits per heavy atom. The van der Waals surface area contributed by atoms with Gasteiger partial charge in [-0.05, 0) is 34.1 Å². The van der Waals surface area contributed by atoms with E-state index in [1.165, 1.54) is 0 Å². The first kappa shape index (κ1) is 14.0. The second-order valence-electron chi connectivity index (χ2n) is 4.88. The molecular weight excluding hydrogens is 332 g/mol. The number of pyridine rings is 2. The van der Waals surface area contributed by atoms with Gasteiger partial charge in [0.25, 0.3) is 5.91 Å². The zero-order valence-electron chi connectivity index (χ0n) is 11.4. The van der Waals surface area contributed by atoms with Crippen molar-refractivity contribution in [3.8, 4) is 0 Å². The van der Waals surface area contributed by atoms with Gasteiger partial charge in [-0.3, -0.25) is 14.8 Å². The van der Waals surface area contributed by atoms with E-state index in [1.54, 1.807) is 24.8 Å². The molecule has 3 rings (SSSR count). The van der Waals surface area contributed by atoms with Gasteiger partial charge in [0, 0.05) is 61.1 Å². The van der Waals surface area contributed by atoms with Crippen LogP contribution >= 0.6 is 15.9 Å². The Kier molecular flexibility index (Phi) is 4.15. The number of hydrogen-bond acceptors (Lipinski definition) is 4. The van der Waals surface area contributed by atoms with E-state index < -0.39 is 0 Å². The van der Waals surface area contributed by atoms with Crippen LogP contribution in [0.1, 0.15) is 10.4 Å². The van der Waals surface area contributed by atoms with Gasteiger partial charge in [-0.15, -0.1) is 0 Å². The Balaban J connectivity index is 1.64. The predicted molar refractivity (Wildman–Crippen MR) is 84.3 cm³/mol. The summed E-state index contributed by atoms with van der Waals surface area (Å²) in [7, 11) is 0. The van der Waals surface area contributed by atoms with E-state index in [-0.39, 0.29) is 5.91 Å². The molecule has 21 heavy (non-hydrogen) atoms. The summed E-state index contributed by atoms with van der Waals surface area (Å²) >= 11 is 3.35. The van der Waals surface area contributed by atoms with Gasteiger partial charge in [-0.2, -0.15) is 0 Å². The van der Waals surface area contributed by atoms with E-state index in [2.05, 4.69) is 30.8 Å². The third kappa shape index (κ3) is 3.21. The first-order valence-corrected chi connectivity index (χ1v) is 7.58. The maximum absolute atomic E-state index is 12.4. The molecule has 1 amide bonds. The summed E-state index contributed by atoms with van der Waals surface area (Å²) < 4.78 is 0.823. The first-order chi connectivity index (χ1) is 10.2. The third-order valence-electron chi connectivity index (χ3n) is 3.55. The van der Waals surface area contributed by atoms with Crippen LogP contribution in [0.5, 0.6) is 0 Å². The van der Waals surface area contributed by atoms with Crippen molar-refractivity contribution in [2.45, 2.75) is 0 Å². The lowest BCUT2D eigenvalue weighted by Crippen LogP contribution is -2.48. The van der Waals surface area contributed by atoms with E-state index >= 15 is 0 Å². The summed E-state index contributed by atoms with van der Waals surface area (Å²) in [4.78, 5) is 24.7. The molecule has 0 aromatic carbocycles. The fraction of sp³-hybridized carbons (Fsp3) is 0.267. The number of hydrogen-bond donors (Lipinski definition) is 0. The van der Waals surface area contributed by atoms with E-state index in [0.717, 1.165) is 23.2 Å². The summed E-state index contributed by atoms with van der Waals surface area (Å²) in [6.07, 6.45) is 6.88. The Morgan fingerprint density at radius 3 is 2.43 bits per heavy atom. The molecule has 5 nitrogen and oxygen atoms in total. The number of carbonyl (C=O) groups is 1. The fourth-order valence-electron chi connectivity index (χ4n) is 2.43. The van der Waals surface area contributed by atoms with Gasteiger partial charge in [0.15, 0.2) is 0 Å². The zero-order chi connectivity index (χ0) is 14.7. The van der Waals surface area contributed by atoms with Gasteiger partial charge in [0.1, 0.15) is 0 Å². The van der Waals surface area contributed by atoms with Crippen LogP contribution in [0.2, 0.25) is 0 Å². The molecule has 0 aliphatic carbocycles. The first-order valence-electron chi connectivity index (χ1n) is 6.79. The van der Waals surface area contributed by atoms with Crippen LogP contribution in [0.25, 0.3) is 0 Å². The highest BCUT2D eigenvalue weighted by atomic mass is 79.9. The van der Waals surface area contributed by atoms with Crippen LogP contribution in [-0.2, 0) is 0 Å². The average Bonchev–Trinajstić information content (AvgIpc) is 2.55. The maximum atomic E-state index is 12.4. The molecule has 0 spiro atoms. The lowest BCUT2D eigenvalue weighted by atomic mass is 10.2. The molecule has 0 radical (unpaired) electrons. The second kappa shape index (κ2) is 6.22. The molecule has 1 fully saturated rings. The van der Waals surface area contributed by atoms with Gasteiger partial charge in [0.05, 0.1) is 5.56 Å². The van der Waals surface area contributed by atoms with Crippen molar-refractivity contribution < 1.29 is 4.79 Å². The number of piperazine rings is 1. The van der Waals surface area contributed by atoms with Gasteiger partial charge < -0.3 is 9.80 Å². The highest BCUT2D eigenvalue weighted by molar-refractivity contribution is 9.10. The van der Waals surface area contributed by atoms with Crippen LogP contribution in [-0.4, -0.2) is 47.0 Å². The number of nitrogens with zero attached hydrogens (tertiary/aromatic N) is 4. The van der Waals surface area contributed by atoms with Crippen molar-refractivity contribution in [2.75, 3.05) is 31.1 Å². The second-order valence-corrected chi connectivity index (χ2v) is 5.79. The molecule has 1 saturated heterocycles. The molecule has 2 aromatic rings. The number of anilines is 1. The van der Waals surface area contributed by atoms with Crippen LogP contribution < -0.4 is 4.90 Å². The predicted octanol–water partition coefficient (Wildman–Crippen LogP) is 2.20. The minimum atomic E-state index is 0.0400. The van der Waals surface area contributed by atoms with Gasteiger partial charge in [-0.25, -0.2) is 0 Å². The topological polar surface area (TPSA) is 49.3 Å². The molecule has 1 aliphatic heterocycles. The van der Waals surface area contributed by atoms with Crippen molar-refractivity contribution in [3.05, 3.63) is 53.0 Å². The van der Waals surface area contributed by atoms with Crippen molar-refractivity contribution in [2.24, 2.45) is 0 Å². The van der Waals surface area contributed by atoms with Crippen LogP contribution in [0, 0.1) is 0 Å². The van der Waals surface area contributed by atoms with E-state index in [0.29, 0.717) is 18.7 Å². The molecule has 0 unspecified atom stereocenters. The van der Waals surface area contributed by atoms with E-state index in [4.69, 9.17) is 0 Å². The Hall–Kier alpha value is -1.95. The van der Waals surface area contributed by atoms with Crippen molar-refractivity contribution in [1.29, 1.82) is 0 Å². The molecular formula is C15H15BrN4O. The summed E-state index contributed by atoms with van der Waals surface area (Å²) in [5, 5.41) is 0. The minimum absolute atomic E-state index is 0.0400. The van der Waals surface area contributed by atoms with E-state index in [9.17, 15) is 4.79 Å². The van der Waals surface area contributed by atoms with Gasteiger partial charge in [0.2, 0.25) is 0 Å². The molecule has 0 N–H and O–H groups in total. The zero-order valence-corrected chi connectivity index (χ0v) is 13.0. The van der Waals surface area contributed by atoms with Gasteiger partial charge >= 0.3 is 0 Å². The minimum Gasteiger partial charge on any atom is -0.368 e. The monoisotopic (exact) mass is 346 g/mol. The summed E-state index contributed by atoms with van der Waals surface area (Å²) in [5.74, 6) is 0.0400. The van der Waals surface area contributed by atoms with Crippen molar-refractivity contribution in [1.82, 2.24) is 14.9 Å². The number of aromatic nitrogens is 2. The molecule has 0 bridgehead atoms. The Bertz CT molecular complexity index is 627. The highest BCUT2D eigenvalue weighted by Gasteiger charge is 2.22. The van der Waals surface area contributed by atoms with Crippen molar-refractivity contribution >= 4 is 27.5 Å². The Labute approximate surface area is 131 Å². The molecule has 2 aromatic heterocycles. The maximum Gasteiger partial charge on any atom is 0.255 e. The van der Waals surface area contributed by atoms with Gasteiger partial charge in [-0.1, -0.05) is 0 Å². The lowest BCUT2D eigenvalue weighted by Gasteiger charge is -2.36. The van der Waals surface area contributed by atoms with Crippen molar-refractivity contribution in [3.63, 3.8) is 0 Å². The summed E-state index contributed by atoms with van der Waals surface area (Å²) in [6, 6.07) is 5.80. The molecule has 0 atom stereocenters. The standard InChI is InChI=1S/C15H15BrN4O/c16-13-9-12(10-18-11-13)15(21)20-7-5-19(6-8-20)14-1-3-17-4-2-14/h1-4,9-11H,5-8H2. The number of halogens is 1. The third-order valence-corrected chi connectivity index (χ3v) is 3.98. The Morgan fingerprint density at radius 1 is 1.05 bits per heavy atom. The largest absolute Gasteiger partial charge is 0.368 e. The molecule has 6 heteroatoms. The fourth-order valence-corrected chi connectivity index (χ4v) is 2.80. The van der Waals surface area contributed by atoms with Crippen LogP contribution in [0.4, 0.5) is 5.69 Å². The van der Waals surface area contributed by atoms with Crippen LogP contribution in [0.3, 0.4) is 0 Å². The number of carbonyl (C=O) groups excluding carboxylic acids is 1. The van der Waals surface area contributed by atoms with Crippen LogP contribution in [0.15, 0.2) is 47.5 Å². The summed E-state index contributed by atoms with van der Waals surface area (Å²) in [6.45, 7) is 3.09. The summed E-state index contributed by atoms with van der Waals surface area (Å²) in [5.41, 5.74) is 1.78. The molecule has 3 heterocycles.